The first-order valence-electron chi connectivity index (χ1n) is 6.73. The molecule has 1 atom stereocenters. The van der Waals surface area contributed by atoms with Crippen LogP contribution in [0.5, 0.6) is 0 Å². The molecule has 3 nitrogen and oxygen atoms in total. The minimum absolute atomic E-state index is 0.247. The molecule has 1 aromatic carbocycles. The quantitative estimate of drug-likeness (QED) is 0.771. The van der Waals surface area contributed by atoms with Gasteiger partial charge in [-0.2, -0.15) is 0 Å². The van der Waals surface area contributed by atoms with E-state index in [4.69, 9.17) is 11.6 Å². The summed E-state index contributed by atoms with van der Waals surface area (Å²) in [5.41, 5.74) is 3.60. The first-order chi connectivity index (χ1) is 9.78. The number of hydrogen-bond acceptors (Lipinski definition) is 3. The van der Waals surface area contributed by atoms with E-state index in [1.807, 2.05) is 36.7 Å². The lowest BCUT2D eigenvalue weighted by Crippen LogP contribution is -2.20. The van der Waals surface area contributed by atoms with E-state index in [0.29, 0.717) is 6.54 Å². The molecule has 4 heteroatoms. The average molecular weight is 291 g/mol. The maximum absolute atomic E-state index is 9.38. The van der Waals surface area contributed by atoms with Crippen LogP contribution in [-0.2, 0) is 12.8 Å². The summed E-state index contributed by atoms with van der Waals surface area (Å²) < 4.78 is 0. The van der Waals surface area contributed by atoms with Crippen molar-refractivity contribution in [3.63, 3.8) is 0 Å². The molecule has 0 aliphatic heterocycles. The molecule has 0 saturated carbocycles. The maximum Gasteiger partial charge on any atom is 0.0847 e. The third kappa shape index (κ3) is 4.83. The molecule has 1 unspecified atom stereocenters. The highest BCUT2D eigenvalue weighted by Gasteiger charge is 2.01. The Kier molecular flexibility index (Phi) is 5.84. The van der Waals surface area contributed by atoms with Gasteiger partial charge >= 0.3 is 0 Å². The van der Waals surface area contributed by atoms with Gasteiger partial charge in [0.15, 0.2) is 0 Å². The van der Waals surface area contributed by atoms with Crippen LogP contribution in [0.2, 0.25) is 0 Å². The van der Waals surface area contributed by atoms with Crippen LogP contribution < -0.4 is 5.32 Å². The van der Waals surface area contributed by atoms with Gasteiger partial charge in [0.1, 0.15) is 0 Å². The van der Waals surface area contributed by atoms with Crippen molar-refractivity contribution in [2.45, 2.75) is 18.9 Å². The van der Waals surface area contributed by atoms with Crippen LogP contribution in [0, 0.1) is 0 Å². The molecule has 0 spiro atoms. The fourth-order valence-electron chi connectivity index (χ4n) is 1.92. The third-order valence-corrected chi connectivity index (χ3v) is 3.48. The third-order valence-electron chi connectivity index (χ3n) is 3.13. The number of pyridine rings is 1. The van der Waals surface area contributed by atoms with Crippen LogP contribution in [0.1, 0.15) is 11.1 Å². The molecule has 1 aromatic heterocycles. The molecule has 0 fully saturated rings. The van der Waals surface area contributed by atoms with Gasteiger partial charge < -0.3 is 10.4 Å². The van der Waals surface area contributed by atoms with Crippen molar-refractivity contribution in [2.75, 3.05) is 17.7 Å². The number of halogens is 1. The van der Waals surface area contributed by atoms with Gasteiger partial charge in [0.2, 0.25) is 0 Å². The first kappa shape index (κ1) is 14.8. The van der Waals surface area contributed by atoms with Gasteiger partial charge in [-0.1, -0.05) is 12.1 Å². The summed E-state index contributed by atoms with van der Waals surface area (Å²) in [7, 11) is 0. The normalized spacial score (nSPS) is 12.1. The molecule has 0 aliphatic carbocycles. The average Bonchev–Trinajstić information content (AvgIpc) is 2.52. The van der Waals surface area contributed by atoms with Gasteiger partial charge in [0, 0.05) is 24.6 Å². The molecule has 0 saturated heterocycles. The lowest BCUT2D eigenvalue weighted by atomic mass is 10.1. The van der Waals surface area contributed by atoms with Crippen molar-refractivity contribution >= 4 is 17.3 Å². The van der Waals surface area contributed by atoms with Crippen molar-refractivity contribution in [2.24, 2.45) is 0 Å². The highest BCUT2D eigenvalue weighted by Crippen LogP contribution is 2.12. The van der Waals surface area contributed by atoms with Crippen molar-refractivity contribution in [1.82, 2.24) is 4.98 Å². The molecule has 0 radical (unpaired) electrons. The highest BCUT2D eigenvalue weighted by molar-refractivity contribution is 6.18. The number of nitrogens with one attached hydrogen (secondary N) is 1. The molecule has 2 aromatic rings. The second-order valence-electron chi connectivity index (χ2n) is 4.74. The number of anilines is 1. The number of rotatable bonds is 7. The fraction of sp³-hybridized carbons (Fsp3) is 0.312. The highest BCUT2D eigenvalue weighted by atomic mass is 35.5. The van der Waals surface area contributed by atoms with Gasteiger partial charge in [-0.15, -0.1) is 11.6 Å². The van der Waals surface area contributed by atoms with E-state index >= 15 is 0 Å². The number of alkyl halides is 1. The van der Waals surface area contributed by atoms with Crippen LogP contribution in [0.15, 0.2) is 48.8 Å². The van der Waals surface area contributed by atoms with Crippen molar-refractivity contribution < 1.29 is 5.11 Å². The summed E-state index contributed by atoms with van der Waals surface area (Å²) in [6.45, 7) is 0.472. The van der Waals surface area contributed by atoms with Crippen LogP contribution in [-0.4, -0.2) is 28.6 Å². The summed E-state index contributed by atoms with van der Waals surface area (Å²) >= 11 is 5.55. The predicted octanol–water partition coefficient (Wildman–Crippen LogP) is 2.88. The van der Waals surface area contributed by atoms with Gasteiger partial charge in [0.05, 0.1) is 12.0 Å². The Hall–Kier alpha value is -1.58. The Labute approximate surface area is 124 Å². The zero-order valence-electron chi connectivity index (χ0n) is 11.3. The standard InChI is InChI=1S/C16H19ClN2O/c17-11-16(20)12-19-15-5-3-13(4-6-15)1-2-14-7-9-18-10-8-14/h3-10,16,19-20H,1-2,11-12H2. The summed E-state index contributed by atoms with van der Waals surface area (Å²) in [6.07, 6.45) is 5.16. The van der Waals surface area contributed by atoms with Gasteiger partial charge in [-0.25, -0.2) is 0 Å². The Morgan fingerprint density at radius 3 is 2.20 bits per heavy atom. The molecule has 20 heavy (non-hydrogen) atoms. The number of aliphatic hydroxyl groups is 1. The summed E-state index contributed by atoms with van der Waals surface area (Å²) in [4.78, 5) is 4.02. The summed E-state index contributed by atoms with van der Waals surface area (Å²) in [5.74, 6) is 0.247. The SMILES string of the molecule is OC(CCl)CNc1ccc(CCc2ccncc2)cc1. The van der Waals surface area contributed by atoms with Gasteiger partial charge in [-0.05, 0) is 48.2 Å². The number of aliphatic hydroxyl groups excluding tert-OH is 1. The van der Waals surface area contributed by atoms with Gasteiger partial charge in [-0.3, -0.25) is 4.98 Å². The van der Waals surface area contributed by atoms with E-state index in [1.165, 1.54) is 11.1 Å². The summed E-state index contributed by atoms with van der Waals surface area (Å²) in [6, 6.07) is 12.4. The lowest BCUT2D eigenvalue weighted by Gasteiger charge is -2.10. The zero-order chi connectivity index (χ0) is 14.2. The Bertz CT molecular complexity index is 502. The molecule has 1 heterocycles. The number of nitrogens with zero attached hydrogens (tertiary/aromatic N) is 1. The molecule has 2 N–H and O–H groups in total. The van der Waals surface area contributed by atoms with Crippen LogP contribution in [0.4, 0.5) is 5.69 Å². The number of aromatic nitrogens is 1. The summed E-state index contributed by atoms with van der Waals surface area (Å²) in [5, 5.41) is 12.5. The van der Waals surface area contributed by atoms with Crippen molar-refractivity contribution in [3.8, 4) is 0 Å². The lowest BCUT2D eigenvalue weighted by molar-refractivity contribution is 0.211. The topological polar surface area (TPSA) is 45.1 Å². The monoisotopic (exact) mass is 290 g/mol. The van der Waals surface area contributed by atoms with Crippen molar-refractivity contribution in [3.05, 3.63) is 59.9 Å². The van der Waals surface area contributed by atoms with E-state index in [9.17, 15) is 5.11 Å². The molecule has 0 aliphatic rings. The molecule has 2 rings (SSSR count). The van der Waals surface area contributed by atoms with E-state index in [-0.39, 0.29) is 5.88 Å². The largest absolute Gasteiger partial charge is 0.390 e. The molecule has 0 bridgehead atoms. The zero-order valence-corrected chi connectivity index (χ0v) is 12.1. The Morgan fingerprint density at radius 2 is 1.60 bits per heavy atom. The van der Waals surface area contributed by atoms with E-state index in [0.717, 1.165) is 18.5 Å². The first-order valence-corrected chi connectivity index (χ1v) is 7.27. The van der Waals surface area contributed by atoms with Crippen molar-refractivity contribution in [1.29, 1.82) is 0 Å². The fourth-order valence-corrected chi connectivity index (χ4v) is 2.03. The van der Waals surface area contributed by atoms with E-state index in [1.54, 1.807) is 0 Å². The Morgan fingerprint density at radius 1 is 1.00 bits per heavy atom. The second kappa shape index (κ2) is 7.88. The molecular weight excluding hydrogens is 272 g/mol. The maximum atomic E-state index is 9.38. The second-order valence-corrected chi connectivity index (χ2v) is 5.05. The number of benzene rings is 1. The van der Waals surface area contributed by atoms with E-state index < -0.39 is 6.10 Å². The Balaban J connectivity index is 1.82. The predicted molar refractivity (Wildman–Crippen MR) is 83.3 cm³/mol. The number of hydrogen-bond donors (Lipinski definition) is 2. The molecular formula is C16H19ClN2O. The van der Waals surface area contributed by atoms with Crippen LogP contribution in [0.25, 0.3) is 0 Å². The minimum Gasteiger partial charge on any atom is -0.390 e. The number of aryl methyl sites for hydroxylation is 2. The smallest absolute Gasteiger partial charge is 0.0847 e. The molecule has 0 amide bonds. The van der Waals surface area contributed by atoms with E-state index in [2.05, 4.69) is 22.4 Å². The van der Waals surface area contributed by atoms with Gasteiger partial charge in [0.25, 0.3) is 0 Å². The molecule has 106 valence electrons. The minimum atomic E-state index is -0.511. The van der Waals surface area contributed by atoms with Crippen LogP contribution in [0.3, 0.4) is 0 Å². The van der Waals surface area contributed by atoms with Crippen LogP contribution >= 0.6 is 11.6 Å².